The minimum Gasteiger partial charge on any atom is -0.456 e. The topological polar surface area (TPSA) is 26.3 Å². The highest BCUT2D eigenvalue weighted by Crippen LogP contribution is 2.52. The molecule has 2 aliphatic rings. The largest absolute Gasteiger partial charge is 0.456 e. The number of thiophene rings is 1. The van der Waals surface area contributed by atoms with E-state index in [4.69, 9.17) is 8.83 Å². The normalized spacial score (nSPS) is 13.8. The van der Waals surface area contributed by atoms with Crippen LogP contribution >= 0.6 is 11.3 Å². The van der Waals surface area contributed by atoms with Crippen LogP contribution in [0.25, 0.3) is 110 Å². The van der Waals surface area contributed by atoms with Gasteiger partial charge in [0.1, 0.15) is 22.3 Å². The van der Waals surface area contributed by atoms with Gasteiger partial charge in [-0.05, 0) is 181 Å². The summed E-state index contributed by atoms with van der Waals surface area (Å²) in [7, 11) is 0. The minimum absolute atomic E-state index is 0.141. The number of rotatable bonds is 7. The van der Waals surface area contributed by atoms with Gasteiger partial charge < -0.3 is 8.83 Å². The maximum atomic E-state index is 6.53. The van der Waals surface area contributed by atoms with E-state index in [1.54, 1.807) is 0 Å². The predicted octanol–water partition coefficient (Wildman–Crippen LogP) is 17.7. The first-order valence-corrected chi connectivity index (χ1v) is 23.9. The zero-order valence-corrected chi connectivity index (χ0v) is 37.8. The zero-order chi connectivity index (χ0) is 43.6. The van der Waals surface area contributed by atoms with Crippen molar-refractivity contribution in [1.29, 1.82) is 0 Å². The van der Waals surface area contributed by atoms with Crippen molar-refractivity contribution < 1.29 is 8.83 Å². The fourth-order valence-corrected chi connectivity index (χ4v) is 12.1. The summed E-state index contributed by atoms with van der Waals surface area (Å²) in [6.45, 7) is 9.31. The molecule has 0 fully saturated rings. The molecular formula is C62H46O2S. The number of allylic oxidation sites excluding steroid dienone is 1. The van der Waals surface area contributed by atoms with Crippen molar-refractivity contribution in [2.24, 2.45) is 0 Å². The standard InChI is InChI=1S/C62H46O2S/c1-5-36-25-43(18-21-46(36)48-34-58-52(27-37(48)6-2)50-28-40(19-23-56(50)63-58)38-13-9-7-10-14-38)60-32-45-26-44(31-61(45)65-60)42-17-22-47-49-35-59-53(33-55(49)62(3,4)54(47)30-42)51-29-41(20-24-57(51)64-59)39-15-11-8-12-16-39/h7-25,27-35H,5-6,26H2,1-4H3. The Morgan fingerprint density at radius 2 is 1.00 bits per heavy atom. The van der Waals surface area contributed by atoms with Gasteiger partial charge in [-0.1, -0.05) is 125 Å². The van der Waals surface area contributed by atoms with E-state index in [2.05, 4.69) is 198 Å². The summed E-state index contributed by atoms with van der Waals surface area (Å²) in [6.07, 6.45) is 5.29. The Kier molecular flexibility index (Phi) is 8.48. The van der Waals surface area contributed by atoms with E-state index >= 15 is 0 Å². The molecule has 11 aromatic rings. The van der Waals surface area contributed by atoms with Crippen LogP contribution in [-0.2, 0) is 24.7 Å². The van der Waals surface area contributed by atoms with E-state index in [1.165, 1.54) is 120 Å². The highest BCUT2D eigenvalue weighted by Gasteiger charge is 2.37. The molecule has 3 aromatic heterocycles. The third kappa shape index (κ3) is 5.99. The molecule has 0 bridgehead atoms. The molecule has 8 aromatic carbocycles. The molecule has 0 atom stereocenters. The lowest BCUT2D eigenvalue weighted by molar-refractivity contribution is 0.657. The average molecular weight is 855 g/mol. The molecular weight excluding hydrogens is 809 g/mol. The lowest BCUT2D eigenvalue weighted by atomic mass is 9.81. The van der Waals surface area contributed by atoms with E-state index in [0.717, 1.165) is 41.6 Å². The van der Waals surface area contributed by atoms with Crippen LogP contribution in [0.5, 0.6) is 0 Å². The third-order valence-corrected chi connectivity index (χ3v) is 15.7. The Bertz CT molecular complexity index is 3780. The monoisotopic (exact) mass is 854 g/mol. The highest BCUT2D eigenvalue weighted by molar-refractivity contribution is 7.16. The number of fused-ring (bicyclic) bond motifs is 10. The van der Waals surface area contributed by atoms with Crippen LogP contribution in [0.1, 0.15) is 66.0 Å². The number of furan rings is 2. The molecule has 3 heteroatoms. The summed E-state index contributed by atoms with van der Waals surface area (Å²) in [4.78, 5) is 2.71. The Morgan fingerprint density at radius 3 is 1.65 bits per heavy atom. The Balaban J connectivity index is 0.795. The second kappa shape index (κ2) is 14.4. The second-order valence-electron chi connectivity index (χ2n) is 18.6. The summed E-state index contributed by atoms with van der Waals surface area (Å²) < 4.78 is 13.0. The first kappa shape index (κ1) is 38.3. The second-order valence-corrected chi connectivity index (χ2v) is 19.7. The van der Waals surface area contributed by atoms with E-state index in [9.17, 15) is 0 Å². The Hall–Kier alpha value is -7.20. The smallest absolute Gasteiger partial charge is 0.136 e. The third-order valence-electron chi connectivity index (χ3n) is 14.5. The van der Waals surface area contributed by atoms with Crippen LogP contribution in [0.2, 0.25) is 0 Å². The summed E-state index contributed by atoms with van der Waals surface area (Å²) in [5, 5.41) is 4.71. The van der Waals surface area contributed by atoms with Gasteiger partial charge in [-0.2, -0.15) is 0 Å². The zero-order valence-electron chi connectivity index (χ0n) is 37.0. The fourth-order valence-electron chi connectivity index (χ4n) is 11.0. The van der Waals surface area contributed by atoms with Crippen LogP contribution in [0.15, 0.2) is 173 Å². The molecule has 312 valence electrons. The van der Waals surface area contributed by atoms with Crippen molar-refractivity contribution in [2.45, 2.75) is 52.4 Å². The van der Waals surface area contributed by atoms with Crippen molar-refractivity contribution in [1.82, 2.24) is 0 Å². The van der Waals surface area contributed by atoms with Crippen molar-refractivity contribution in [3.8, 4) is 54.9 Å². The fraction of sp³-hybridized carbons (Fsp3) is 0.129. The van der Waals surface area contributed by atoms with Gasteiger partial charge in [0, 0.05) is 36.7 Å². The lowest BCUT2D eigenvalue weighted by Gasteiger charge is -2.22. The highest BCUT2D eigenvalue weighted by atomic mass is 32.1. The Morgan fingerprint density at radius 1 is 0.446 bits per heavy atom. The van der Waals surface area contributed by atoms with Gasteiger partial charge in [0.05, 0.1) is 0 Å². The number of hydrogen-bond donors (Lipinski definition) is 0. The first-order chi connectivity index (χ1) is 31.8. The van der Waals surface area contributed by atoms with Crippen LogP contribution < -0.4 is 0 Å². The van der Waals surface area contributed by atoms with Gasteiger partial charge in [0.25, 0.3) is 0 Å². The van der Waals surface area contributed by atoms with Gasteiger partial charge in [0.15, 0.2) is 0 Å². The van der Waals surface area contributed by atoms with E-state index in [-0.39, 0.29) is 5.41 Å². The molecule has 2 nitrogen and oxygen atoms in total. The van der Waals surface area contributed by atoms with E-state index in [0.29, 0.717) is 0 Å². The van der Waals surface area contributed by atoms with Crippen LogP contribution in [-0.4, -0.2) is 0 Å². The van der Waals surface area contributed by atoms with Gasteiger partial charge >= 0.3 is 0 Å². The van der Waals surface area contributed by atoms with Crippen molar-refractivity contribution in [2.75, 3.05) is 0 Å². The van der Waals surface area contributed by atoms with Crippen molar-refractivity contribution >= 4 is 66.9 Å². The quantitative estimate of drug-likeness (QED) is 0.160. The average Bonchev–Trinajstić information content (AvgIpc) is 4.16. The molecule has 0 aliphatic heterocycles. The SMILES string of the molecule is CCc1cc(-c2cc3c(s2)C=C(c2ccc4c(c2)C(C)(C)c2cc5c(cc2-4)oc2ccc(-c4ccccc4)cc25)C3)ccc1-c1cc2oc3ccc(-c4ccccc4)cc3c2cc1CC. The minimum atomic E-state index is -0.141. The number of aryl methyl sites for hydroxylation is 2. The molecule has 13 rings (SSSR count). The van der Waals surface area contributed by atoms with Crippen molar-refractivity contribution in [3.63, 3.8) is 0 Å². The molecule has 3 heterocycles. The molecule has 0 radical (unpaired) electrons. The van der Waals surface area contributed by atoms with Gasteiger partial charge in [-0.3, -0.25) is 0 Å². The maximum Gasteiger partial charge on any atom is 0.136 e. The van der Waals surface area contributed by atoms with Crippen LogP contribution in [0.4, 0.5) is 0 Å². The molecule has 0 saturated heterocycles. The molecule has 0 saturated carbocycles. The molecule has 0 spiro atoms. The van der Waals surface area contributed by atoms with Gasteiger partial charge in [-0.25, -0.2) is 0 Å². The molecule has 0 amide bonds. The number of hydrogen-bond acceptors (Lipinski definition) is 3. The first-order valence-electron chi connectivity index (χ1n) is 23.0. The summed E-state index contributed by atoms with van der Waals surface area (Å²) >= 11 is 1.92. The molecule has 0 N–H and O–H groups in total. The van der Waals surface area contributed by atoms with Crippen molar-refractivity contribution in [3.05, 3.63) is 202 Å². The van der Waals surface area contributed by atoms with Gasteiger partial charge in [-0.15, -0.1) is 11.3 Å². The van der Waals surface area contributed by atoms with E-state index in [1.807, 2.05) is 11.3 Å². The summed E-state index contributed by atoms with van der Waals surface area (Å²) in [5.74, 6) is 0. The summed E-state index contributed by atoms with van der Waals surface area (Å²) in [5.41, 5.74) is 24.5. The van der Waals surface area contributed by atoms with Crippen LogP contribution in [0.3, 0.4) is 0 Å². The molecule has 0 unspecified atom stereocenters. The molecule has 2 aliphatic carbocycles. The molecule has 65 heavy (non-hydrogen) atoms. The van der Waals surface area contributed by atoms with Gasteiger partial charge in [0.2, 0.25) is 0 Å². The van der Waals surface area contributed by atoms with E-state index < -0.39 is 0 Å². The van der Waals surface area contributed by atoms with Crippen LogP contribution in [0, 0.1) is 0 Å². The summed E-state index contributed by atoms with van der Waals surface area (Å²) in [6, 6.07) is 60.4. The number of benzene rings is 8. The lowest BCUT2D eigenvalue weighted by Crippen LogP contribution is -2.15. The maximum absolute atomic E-state index is 6.53. The Labute approximate surface area is 383 Å². The predicted molar refractivity (Wildman–Crippen MR) is 275 cm³/mol.